The van der Waals surface area contributed by atoms with E-state index in [9.17, 15) is 13.2 Å². The summed E-state index contributed by atoms with van der Waals surface area (Å²) in [6, 6.07) is 8.29. The Balaban J connectivity index is 2.08. The molecule has 29 heavy (non-hydrogen) atoms. The van der Waals surface area contributed by atoms with Crippen LogP contribution in [0.4, 0.5) is 5.82 Å². The van der Waals surface area contributed by atoms with Crippen molar-refractivity contribution in [2.45, 2.75) is 55.5 Å². The molecule has 2 aromatic rings. The molecule has 0 saturated carbocycles. The average Bonchev–Trinajstić information content (AvgIpc) is 3.32. The van der Waals surface area contributed by atoms with Crippen molar-refractivity contribution in [2.24, 2.45) is 0 Å². The van der Waals surface area contributed by atoms with E-state index in [-0.39, 0.29) is 15.7 Å². The van der Waals surface area contributed by atoms with Gasteiger partial charge in [0.25, 0.3) is 5.91 Å². The van der Waals surface area contributed by atoms with Crippen molar-refractivity contribution in [3.63, 3.8) is 0 Å². The number of carbonyl (C=O) groups is 1. The number of hydrogen-bond acceptors (Lipinski definition) is 5. The van der Waals surface area contributed by atoms with Crippen LogP contribution in [0.5, 0.6) is 0 Å². The number of carbonyl (C=O) groups excluding carboxylic acids is 1. The summed E-state index contributed by atoms with van der Waals surface area (Å²) < 4.78 is 39.4. The van der Waals surface area contributed by atoms with Crippen LogP contribution in [0.15, 0.2) is 40.1 Å². The molecular weight excluding hydrogens is 392 g/mol. The van der Waals surface area contributed by atoms with Crippen LogP contribution in [0.1, 0.15) is 30.5 Å². The summed E-state index contributed by atoms with van der Waals surface area (Å²) in [5.74, 6) is -0.00189. The van der Waals surface area contributed by atoms with Crippen LogP contribution in [-0.2, 0) is 30.7 Å². The van der Waals surface area contributed by atoms with Gasteiger partial charge < -0.3 is 19.4 Å². The maximum atomic E-state index is 13.5. The minimum absolute atomic E-state index is 0.143. The van der Waals surface area contributed by atoms with Gasteiger partial charge in [-0.15, -0.1) is 0 Å². The monoisotopic (exact) mass is 420 g/mol. The molecule has 0 aliphatic carbocycles. The minimum Gasteiger partial charge on any atom is -0.385 e. The molecule has 1 saturated heterocycles. The molecule has 1 aliphatic rings. The Morgan fingerprint density at radius 1 is 1.28 bits per heavy atom. The van der Waals surface area contributed by atoms with E-state index in [0.717, 1.165) is 12.1 Å². The molecule has 0 bridgehead atoms. The van der Waals surface area contributed by atoms with Gasteiger partial charge in [0.2, 0.25) is 9.84 Å². The van der Waals surface area contributed by atoms with Gasteiger partial charge in [-0.05, 0) is 50.8 Å². The van der Waals surface area contributed by atoms with Crippen molar-refractivity contribution in [1.29, 1.82) is 0 Å². The fourth-order valence-corrected chi connectivity index (χ4v) is 5.35. The Morgan fingerprint density at radius 3 is 2.62 bits per heavy atom. The molecular formula is C21H28N2O5S. The number of amides is 1. The molecule has 1 N–H and O–H groups in total. The maximum absolute atomic E-state index is 13.5. The normalized spacial score (nSPS) is 16.9. The second-order valence-electron chi connectivity index (χ2n) is 7.19. The lowest BCUT2D eigenvalue weighted by Gasteiger charge is -2.16. The zero-order chi connectivity index (χ0) is 21.0. The van der Waals surface area contributed by atoms with E-state index in [0.29, 0.717) is 44.0 Å². The minimum atomic E-state index is -3.81. The SMILES string of the molecule is COCCCn1c(C)c(C)c(S(=O)(=O)c2ccccc2)c1NC(=O)[C@H]1CCCO1. The van der Waals surface area contributed by atoms with Crippen LogP contribution >= 0.6 is 0 Å². The lowest BCUT2D eigenvalue weighted by Crippen LogP contribution is -2.29. The van der Waals surface area contributed by atoms with E-state index in [4.69, 9.17) is 9.47 Å². The highest BCUT2D eigenvalue weighted by Gasteiger charge is 2.32. The van der Waals surface area contributed by atoms with E-state index >= 15 is 0 Å². The second kappa shape index (κ2) is 9.11. The first-order chi connectivity index (χ1) is 13.9. The third-order valence-corrected chi connectivity index (χ3v) is 7.22. The Labute approximate surface area is 171 Å². The van der Waals surface area contributed by atoms with Gasteiger partial charge in [0.15, 0.2) is 0 Å². The summed E-state index contributed by atoms with van der Waals surface area (Å²) >= 11 is 0. The standard InChI is InChI=1S/C21H28N2O5S/c1-15-16(2)23(12-8-13-27-3)20(22-21(24)18-11-7-14-28-18)19(15)29(25,26)17-9-5-4-6-10-17/h4-6,9-10,18H,7-8,11-14H2,1-3H3,(H,22,24)/t18-/m1/s1. The lowest BCUT2D eigenvalue weighted by atomic mass is 10.2. The van der Waals surface area contributed by atoms with Crippen molar-refractivity contribution in [1.82, 2.24) is 4.57 Å². The highest BCUT2D eigenvalue weighted by atomic mass is 32.2. The molecule has 1 amide bonds. The Hall–Kier alpha value is -2.16. The number of rotatable bonds is 8. The summed E-state index contributed by atoms with van der Waals surface area (Å²) in [5.41, 5.74) is 1.44. The number of aromatic nitrogens is 1. The average molecular weight is 421 g/mol. The molecule has 1 atom stereocenters. The first kappa shape index (κ1) is 21.5. The quantitative estimate of drug-likeness (QED) is 0.663. The zero-order valence-electron chi connectivity index (χ0n) is 17.1. The Kier molecular flexibility index (Phi) is 6.77. The van der Waals surface area contributed by atoms with Crippen molar-refractivity contribution >= 4 is 21.6 Å². The van der Waals surface area contributed by atoms with E-state index in [1.807, 2.05) is 11.5 Å². The number of hydrogen-bond donors (Lipinski definition) is 1. The summed E-state index contributed by atoms with van der Waals surface area (Å²) in [6.07, 6.45) is 1.60. The van der Waals surface area contributed by atoms with Gasteiger partial charge in [-0.1, -0.05) is 18.2 Å². The zero-order valence-corrected chi connectivity index (χ0v) is 17.9. The number of sulfone groups is 1. The summed E-state index contributed by atoms with van der Waals surface area (Å²) in [4.78, 5) is 13.1. The first-order valence-corrected chi connectivity index (χ1v) is 11.3. The third-order valence-electron chi connectivity index (χ3n) is 5.29. The van der Waals surface area contributed by atoms with E-state index < -0.39 is 15.9 Å². The van der Waals surface area contributed by atoms with Gasteiger partial charge in [0, 0.05) is 32.6 Å². The predicted octanol–water partition coefficient (Wildman–Crippen LogP) is 3.09. The van der Waals surface area contributed by atoms with Gasteiger partial charge in [-0.25, -0.2) is 8.42 Å². The molecule has 2 heterocycles. The highest BCUT2D eigenvalue weighted by molar-refractivity contribution is 7.91. The highest BCUT2D eigenvalue weighted by Crippen LogP contribution is 2.35. The molecule has 1 aliphatic heterocycles. The molecule has 0 spiro atoms. The third kappa shape index (κ3) is 4.39. The largest absolute Gasteiger partial charge is 0.385 e. The summed E-state index contributed by atoms with van der Waals surface area (Å²) in [5, 5.41) is 2.86. The number of methoxy groups -OCH3 is 1. The van der Waals surface area contributed by atoms with Crippen molar-refractivity contribution in [3.05, 3.63) is 41.6 Å². The van der Waals surface area contributed by atoms with E-state index in [1.165, 1.54) is 0 Å². The summed E-state index contributed by atoms with van der Waals surface area (Å²) in [6.45, 7) is 5.26. The van der Waals surface area contributed by atoms with Crippen LogP contribution in [0.2, 0.25) is 0 Å². The predicted molar refractivity (Wildman–Crippen MR) is 110 cm³/mol. The molecule has 1 aromatic carbocycles. The number of benzene rings is 1. The van der Waals surface area contributed by atoms with Gasteiger partial charge in [0.05, 0.1) is 4.90 Å². The molecule has 1 aromatic heterocycles. The Bertz CT molecular complexity index is 961. The molecule has 0 radical (unpaired) electrons. The van der Waals surface area contributed by atoms with Crippen molar-refractivity contribution in [3.8, 4) is 0 Å². The molecule has 158 valence electrons. The molecule has 1 fully saturated rings. The van der Waals surface area contributed by atoms with Gasteiger partial charge in [-0.3, -0.25) is 4.79 Å². The summed E-state index contributed by atoms with van der Waals surface area (Å²) in [7, 11) is -2.19. The van der Waals surface area contributed by atoms with Crippen LogP contribution in [0.3, 0.4) is 0 Å². The van der Waals surface area contributed by atoms with Crippen LogP contribution in [0.25, 0.3) is 0 Å². The number of anilines is 1. The second-order valence-corrected chi connectivity index (χ2v) is 9.08. The van der Waals surface area contributed by atoms with E-state index in [2.05, 4.69) is 5.32 Å². The lowest BCUT2D eigenvalue weighted by molar-refractivity contribution is -0.124. The van der Waals surface area contributed by atoms with Crippen molar-refractivity contribution < 1.29 is 22.7 Å². The van der Waals surface area contributed by atoms with Crippen LogP contribution in [-0.4, -0.2) is 45.3 Å². The van der Waals surface area contributed by atoms with Crippen LogP contribution in [0, 0.1) is 13.8 Å². The molecule has 3 rings (SSSR count). The Morgan fingerprint density at radius 2 is 2.00 bits per heavy atom. The smallest absolute Gasteiger partial charge is 0.254 e. The number of nitrogens with one attached hydrogen (secondary N) is 1. The fraction of sp³-hybridized carbons (Fsp3) is 0.476. The first-order valence-electron chi connectivity index (χ1n) is 9.79. The number of ether oxygens (including phenoxy) is 2. The fourth-order valence-electron chi connectivity index (χ4n) is 3.63. The molecule has 7 nitrogen and oxygen atoms in total. The molecule has 8 heteroatoms. The van der Waals surface area contributed by atoms with Crippen molar-refractivity contribution in [2.75, 3.05) is 25.6 Å². The van der Waals surface area contributed by atoms with Crippen LogP contribution < -0.4 is 5.32 Å². The molecule has 0 unspecified atom stereocenters. The topological polar surface area (TPSA) is 86.6 Å². The number of nitrogens with zero attached hydrogens (tertiary/aromatic N) is 1. The van der Waals surface area contributed by atoms with Gasteiger partial charge in [-0.2, -0.15) is 0 Å². The maximum Gasteiger partial charge on any atom is 0.254 e. The van der Waals surface area contributed by atoms with Gasteiger partial charge in [0.1, 0.15) is 16.8 Å². The van der Waals surface area contributed by atoms with Gasteiger partial charge >= 0.3 is 0 Å². The van der Waals surface area contributed by atoms with E-state index in [1.54, 1.807) is 44.4 Å².